The Labute approximate surface area is 204 Å². The van der Waals surface area contributed by atoms with Crippen molar-refractivity contribution in [3.05, 3.63) is 89.9 Å². The van der Waals surface area contributed by atoms with Crippen LogP contribution in [-0.4, -0.2) is 34.9 Å². The molecule has 8 heteroatoms. The van der Waals surface area contributed by atoms with Crippen LogP contribution in [0.4, 0.5) is 0 Å². The van der Waals surface area contributed by atoms with E-state index in [1.54, 1.807) is 25.1 Å². The molecule has 2 aromatic heterocycles. The van der Waals surface area contributed by atoms with E-state index in [4.69, 9.17) is 19.3 Å². The lowest BCUT2D eigenvalue weighted by Crippen LogP contribution is -2.23. The maximum atomic E-state index is 12.6. The van der Waals surface area contributed by atoms with E-state index in [0.717, 1.165) is 28.4 Å². The Morgan fingerprint density at radius 1 is 0.943 bits per heavy atom. The maximum Gasteiger partial charge on any atom is 0.226 e. The van der Waals surface area contributed by atoms with Gasteiger partial charge < -0.3 is 19.5 Å². The van der Waals surface area contributed by atoms with Gasteiger partial charge in [-0.05, 0) is 61.9 Å². The van der Waals surface area contributed by atoms with Crippen LogP contribution in [0.3, 0.4) is 0 Å². The van der Waals surface area contributed by atoms with E-state index in [0.29, 0.717) is 30.3 Å². The molecule has 4 aromatic rings. The molecule has 0 aliphatic rings. The molecule has 1 N–H and O–H groups in total. The van der Waals surface area contributed by atoms with Gasteiger partial charge in [-0.25, -0.2) is 4.68 Å². The number of pyridine rings is 1. The summed E-state index contributed by atoms with van der Waals surface area (Å²) in [6, 6.07) is 20.6. The zero-order valence-corrected chi connectivity index (χ0v) is 20.0. The molecule has 0 bridgehead atoms. The minimum absolute atomic E-state index is 0.0698. The van der Waals surface area contributed by atoms with E-state index < -0.39 is 0 Å². The summed E-state index contributed by atoms with van der Waals surface area (Å²) in [4.78, 5) is 16.8. The summed E-state index contributed by atoms with van der Waals surface area (Å²) in [5, 5.41) is 7.65. The highest BCUT2D eigenvalue weighted by Crippen LogP contribution is 2.33. The van der Waals surface area contributed by atoms with Crippen LogP contribution in [0.2, 0.25) is 0 Å². The van der Waals surface area contributed by atoms with Crippen LogP contribution in [-0.2, 0) is 17.8 Å². The first-order valence-corrected chi connectivity index (χ1v) is 11.3. The molecule has 35 heavy (non-hydrogen) atoms. The normalized spacial score (nSPS) is 10.6. The van der Waals surface area contributed by atoms with Gasteiger partial charge in [-0.3, -0.25) is 9.78 Å². The molecule has 1 amide bonds. The first-order chi connectivity index (χ1) is 17.1. The largest absolute Gasteiger partial charge is 0.497 e. The van der Waals surface area contributed by atoms with Crippen molar-refractivity contribution in [1.29, 1.82) is 0 Å². The Morgan fingerprint density at radius 2 is 1.71 bits per heavy atom. The quantitative estimate of drug-likeness (QED) is 0.362. The number of rotatable bonds is 10. The van der Waals surface area contributed by atoms with Crippen LogP contribution in [0, 0.1) is 6.92 Å². The molecule has 0 unspecified atom stereocenters. The predicted octanol–water partition coefficient (Wildman–Crippen LogP) is 4.63. The van der Waals surface area contributed by atoms with E-state index in [1.807, 2.05) is 73.7 Å². The van der Waals surface area contributed by atoms with Crippen LogP contribution in [0.15, 0.2) is 72.9 Å². The lowest BCUT2D eigenvalue weighted by molar-refractivity contribution is -0.121. The lowest BCUT2D eigenvalue weighted by atomic mass is 10.1. The van der Waals surface area contributed by atoms with E-state index in [-0.39, 0.29) is 12.3 Å². The minimum Gasteiger partial charge on any atom is -0.497 e. The zero-order chi connectivity index (χ0) is 24.6. The molecule has 0 spiro atoms. The summed E-state index contributed by atoms with van der Waals surface area (Å²) in [7, 11) is 3.24. The van der Waals surface area contributed by atoms with Gasteiger partial charge in [-0.15, -0.1) is 0 Å². The molecule has 0 aliphatic heterocycles. The second-order valence-electron chi connectivity index (χ2n) is 7.86. The number of hydrogen-bond donors (Lipinski definition) is 1. The molecule has 0 fully saturated rings. The second-order valence-corrected chi connectivity index (χ2v) is 7.86. The van der Waals surface area contributed by atoms with Gasteiger partial charge in [0.25, 0.3) is 0 Å². The fourth-order valence-corrected chi connectivity index (χ4v) is 3.62. The molecule has 0 radical (unpaired) electrons. The van der Waals surface area contributed by atoms with E-state index >= 15 is 0 Å². The molecular weight excluding hydrogens is 444 g/mol. The second kappa shape index (κ2) is 11.2. The van der Waals surface area contributed by atoms with Crippen molar-refractivity contribution in [2.75, 3.05) is 14.2 Å². The SMILES string of the molecule is COc1ccc(-n2nc(C)c(CCC(=O)NCc3ccccn3)c2Oc2cccc(OC)c2)cc1. The van der Waals surface area contributed by atoms with E-state index in [9.17, 15) is 4.79 Å². The Kier molecular flexibility index (Phi) is 7.62. The molecule has 8 nitrogen and oxygen atoms in total. The molecule has 2 heterocycles. The van der Waals surface area contributed by atoms with Gasteiger partial charge in [0.2, 0.25) is 11.8 Å². The number of aryl methyl sites for hydroxylation is 1. The Morgan fingerprint density at radius 3 is 2.43 bits per heavy atom. The Hall–Kier alpha value is -4.33. The summed E-state index contributed by atoms with van der Waals surface area (Å²) in [5.74, 6) is 2.53. The van der Waals surface area contributed by atoms with Crippen molar-refractivity contribution in [1.82, 2.24) is 20.1 Å². The van der Waals surface area contributed by atoms with Crippen molar-refractivity contribution >= 4 is 5.91 Å². The standard InChI is InChI=1S/C27H28N4O4/c1-19-25(14-15-26(32)29-18-20-7-4-5-16-28-20)27(35-24-9-6-8-23(17-24)34-3)31(30-19)21-10-12-22(33-2)13-11-21/h4-13,16-17H,14-15,18H2,1-3H3,(H,29,32). The molecule has 0 atom stereocenters. The summed E-state index contributed by atoms with van der Waals surface area (Å²) in [6.45, 7) is 2.30. The van der Waals surface area contributed by atoms with Crippen LogP contribution in [0.25, 0.3) is 5.69 Å². The molecule has 4 rings (SSSR count). The third-order valence-electron chi connectivity index (χ3n) is 5.50. The first kappa shape index (κ1) is 23.8. The number of carbonyl (C=O) groups is 1. The number of benzene rings is 2. The number of nitrogens with one attached hydrogen (secondary N) is 1. The molecular formula is C27H28N4O4. The first-order valence-electron chi connectivity index (χ1n) is 11.3. The van der Waals surface area contributed by atoms with Crippen LogP contribution >= 0.6 is 0 Å². The number of hydrogen-bond acceptors (Lipinski definition) is 6. The van der Waals surface area contributed by atoms with Crippen molar-refractivity contribution in [2.24, 2.45) is 0 Å². The number of ether oxygens (including phenoxy) is 3. The summed E-state index contributed by atoms with van der Waals surface area (Å²) in [5.41, 5.74) is 3.27. The van der Waals surface area contributed by atoms with E-state index in [2.05, 4.69) is 10.3 Å². The Bertz CT molecular complexity index is 1270. The minimum atomic E-state index is -0.0698. The average molecular weight is 473 g/mol. The predicted molar refractivity (Wildman–Crippen MR) is 132 cm³/mol. The molecule has 2 aromatic carbocycles. The third kappa shape index (κ3) is 5.97. The lowest BCUT2D eigenvalue weighted by Gasteiger charge is -2.13. The van der Waals surface area contributed by atoms with Crippen molar-refractivity contribution in [2.45, 2.75) is 26.3 Å². The maximum absolute atomic E-state index is 12.6. The summed E-state index contributed by atoms with van der Waals surface area (Å²) in [6.07, 6.45) is 2.46. The monoisotopic (exact) mass is 472 g/mol. The van der Waals surface area contributed by atoms with Crippen LogP contribution in [0.1, 0.15) is 23.4 Å². The highest BCUT2D eigenvalue weighted by molar-refractivity contribution is 5.76. The summed E-state index contributed by atoms with van der Waals surface area (Å²) >= 11 is 0. The Balaban J connectivity index is 1.58. The fourth-order valence-electron chi connectivity index (χ4n) is 3.62. The van der Waals surface area contributed by atoms with Gasteiger partial charge in [-0.2, -0.15) is 5.10 Å². The number of amides is 1. The van der Waals surface area contributed by atoms with Crippen LogP contribution in [0.5, 0.6) is 23.1 Å². The number of methoxy groups -OCH3 is 2. The van der Waals surface area contributed by atoms with E-state index in [1.165, 1.54) is 0 Å². The van der Waals surface area contributed by atoms with Gasteiger partial charge >= 0.3 is 0 Å². The van der Waals surface area contributed by atoms with Crippen LogP contribution < -0.4 is 19.5 Å². The number of nitrogens with zero attached hydrogens (tertiary/aromatic N) is 3. The smallest absolute Gasteiger partial charge is 0.226 e. The van der Waals surface area contributed by atoms with Gasteiger partial charge in [-0.1, -0.05) is 12.1 Å². The van der Waals surface area contributed by atoms with Gasteiger partial charge in [0.15, 0.2) is 0 Å². The zero-order valence-electron chi connectivity index (χ0n) is 20.0. The third-order valence-corrected chi connectivity index (χ3v) is 5.50. The molecule has 180 valence electrons. The van der Waals surface area contributed by atoms with Gasteiger partial charge in [0, 0.05) is 24.2 Å². The number of aromatic nitrogens is 3. The average Bonchev–Trinajstić information content (AvgIpc) is 3.21. The highest BCUT2D eigenvalue weighted by atomic mass is 16.5. The number of carbonyl (C=O) groups excluding carboxylic acids is 1. The summed E-state index contributed by atoms with van der Waals surface area (Å²) < 4.78 is 18.7. The van der Waals surface area contributed by atoms with Crippen molar-refractivity contribution in [3.8, 4) is 28.8 Å². The fraction of sp³-hybridized carbons (Fsp3) is 0.222. The molecule has 0 aliphatic carbocycles. The van der Waals surface area contributed by atoms with Crippen molar-refractivity contribution in [3.63, 3.8) is 0 Å². The molecule has 0 saturated carbocycles. The van der Waals surface area contributed by atoms with Crippen molar-refractivity contribution < 1.29 is 19.0 Å². The highest BCUT2D eigenvalue weighted by Gasteiger charge is 2.20. The molecule has 0 saturated heterocycles. The van der Waals surface area contributed by atoms with Gasteiger partial charge in [0.05, 0.1) is 37.8 Å². The topological polar surface area (TPSA) is 87.5 Å². The van der Waals surface area contributed by atoms with Gasteiger partial charge in [0.1, 0.15) is 17.2 Å².